The number of nitrogens with one attached hydrogen (secondary N) is 3. The molecule has 9 heteroatoms. The zero-order valence-electron chi connectivity index (χ0n) is 16.5. The van der Waals surface area contributed by atoms with Crippen LogP contribution in [0.4, 0.5) is 5.82 Å². The van der Waals surface area contributed by atoms with Gasteiger partial charge in [-0.3, -0.25) is 4.98 Å². The smallest absolute Gasteiger partial charge is 0.323 e. The van der Waals surface area contributed by atoms with Crippen LogP contribution in [-0.2, 0) is 6.54 Å². The van der Waals surface area contributed by atoms with Crippen LogP contribution in [0.25, 0.3) is 33.6 Å². The van der Waals surface area contributed by atoms with Gasteiger partial charge >= 0.3 is 5.69 Å². The Kier molecular flexibility index (Phi) is 4.27. The van der Waals surface area contributed by atoms with Crippen molar-refractivity contribution in [2.45, 2.75) is 26.4 Å². The molecular weight excluding hydrogens is 380 g/mol. The SMILES string of the molecule is CC(C)n1cnc2c(NCc3ccc4[nH]c(=O)[nH]c4c3)nc(-c3cccnc3)nc21. The Morgan fingerprint density at radius 2 is 2.00 bits per heavy atom. The Morgan fingerprint density at radius 3 is 2.80 bits per heavy atom. The van der Waals surface area contributed by atoms with E-state index in [0.29, 0.717) is 23.7 Å². The van der Waals surface area contributed by atoms with E-state index < -0.39 is 0 Å². The summed E-state index contributed by atoms with van der Waals surface area (Å²) in [5.41, 5.74) is 4.67. The second-order valence-electron chi connectivity index (χ2n) is 7.37. The summed E-state index contributed by atoms with van der Waals surface area (Å²) >= 11 is 0. The number of nitrogens with zero attached hydrogens (tertiary/aromatic N) is 5. The molecule has 30 heavy (non-hydrogen) atoms. The number of hydrogen-bond acceptors (Lipinski definition) is 6. The Morgan fingerprint density at radius 1 is 1.13 bits per heavy atom. The number of imidazole rings is 2. The third kappa shape index (κ3) is 3.20. The van der Waals surface area contributed by atoms with Gasteiger partial charge in [0.05, 0.1) is 17.4 Å². The number of pyridine rings is 1. The van der Waals surface area contributed by atoms with Gasteiger partial charge < -0.3 is 19.9 Å². The van der Waals surface area contributed by atoms with Crippen LogP contribution in [0.3, 0.4) is 0 Å². The molecule has 0 atom stereocenters. The first-order valence-electron chi connectivity index (χ1n) is 9.68. The first kappa shape index (κ1) is 18.0. The summed E-state index contributed by atoms with van der Waals surface area (Å²) in [6.45, 7) is 4.70. The number of aromatic nitrogens is 7. The van der Waals surface area contributed by atoms with Crippen molar-refractivity contribution >= 4 is 28.0 Å². The second-order valence-corrected chi connectivity index (χ2v) is 7.37. The van der Waals surface area contributed by atoms with E-state index in [9.17, 15) is 4.79 Å². The summed E-state index contributed by atoms with van der Waals surface area (Å²) in [4.78, 5) is 35.2. The van der Waals surface area contributed by atoms with Crippen molar-refractivity contribution in [2.75, 3.05) is 5.32 Å². The van der Waals surface area contributed by atoms with Crippen molar-refractivity contribution in [2.24, 2.45) is 0 Å². The van der Waals surface area contributed by atoms with Crippen molar-refractivity contribution in [3.8, 4) is 11.4 Å². The molecule has 4 aromatic heterocycles. The number of anilines is 1. The summed E-state index contributed by atoms with van der Waals surface area (Å²) in [6, 6.07) is 9.80. The molecule has 0 fully saturated rings. The molecule has 4 heterocycles. The quantitative estimate of drug-likeness (QED) is 0.417. The van der Waals surface area contributed by atoms with Gasteiger partial charge in [-0.05, 0) is 43.7 Å². The number of aromatic amines is 2. The van der Waals surface area contributed by atoms with Crippen molar-refractivity contribution in [1.29, 1.82) is 0 Å². The molecule has 0 aliphatic rings. The Hall–Kier alpha value is -4.01. The molecule has 5 rings (SSSR count). The maximum atomic E-state index is 11.5. The van der Waals surface area contributed by atoms with E-state index in [1.165, 1.54) is 0 Å². The number of hydrogen-bond donors (Lipinski definition) is 3. The van der Waals surface area contributed by atoms with Crippen LogP contribution < -0.4 is 11.0 Å². The van der Waals surface area contributed by atoms with Crippen molar-refractivity contribution in [3.63, 3.8) is 0 Å². The molecule has 0 saturated heterocycles. The maximum Gasteiger partial charge on any atom is 0.323 e. The van der Waals surface area contributed by atoms with Crippen LogP contribution in [0.15, 0.2) is 53.8 Å². The second kappa shape index (κ2) is 7.11. The lowest BCUT2D eigenvalue weighted by molar-refractivity contribution is 0.613. The van der Waals surface area contributed by atoms with Crippen LogP contribution in [0.1, 0.15) is 25.5 Å². The van der Waals surface area contributed by atoms with Crippen molar-refractivity contribution in [3.05, 3.63) is 65.1 Å². The van der Waals surface area contributed by atoms with Gasteiger partial charge in [0.15, 0.2) is 17.3 Å². The molecule has 0 saturated carbocycles. The fraction of sp³-hybridized carbons (Fsp3) is 0.190. The third-order valence-corrected chi connectivity index (χ3v) is 4.94. The highest BCUT2D eigenvalue weighted by molar-refractivity contribution is 5.85. The number of benzene rings is 1. The van der Waals surface area contributed by atoms with Crippen LogP contribution in [0.5, 0.6) is 0 Å². The molecular formula is C21H20N8O. The van der Waals surface area contributed by atoms with Crippen molar-refractivity contribution in [1.82, 2.24) is 34.5 Å². The molecule has 150 valence electrons. The van der Waals surface area contributed by atoms with E-state index in [1.807, 2.05) is 34.9 Å². The number of rotatable bonds is 5. The van der Waals surface area contributed by atoms with E-state index in [4.69, 9.17) is 9.97 Å². The Bertz CT molecular complexity index is 1400. The highest BCUT2D eigenvalue weighted by atomic mass is 16.1. The van der Waals surface area contributed by atoms with Gasteiger partial charge in [0, 0.05) is 30.5 Å². The minimum atomic E-state index is -0.215. The number of H-pyrrole nitrogens is 2. The predicted octanol–water partition coefficient (Wildman–Crippen LogP) is 3.25. The van der Waals surface area contributed by atoms with Gasteiger partial charge in [-0.25, -0.2) is 19.7 Å². The first-order chi connectivity index (χ1) is 14.6. The predicted molar refractivity (Wildman–Crippen MR) is 115 cm³/mol. The van der Waals surface area contributed by atoms with Crippen molar-refractivity contribution < 1.29 is 0 Å². The largest absolute Gasteiger partial charge is 0.364 e. The van der Waals surface area contributed by atoms with E-state index >= 15 is 0 Å². The van der Waals surface area contributed by atoms with Gasteiger partial charge in [-0.1, -0.05) is 6.07 Å². The van der Waals surface area contributed by atoms with Crippen LogP contribution in [-0.4, -0.2) is 34.5 Å². The molecule has 1 aromatic carbocycles. The van der Waals surface area contributed by atoms with Crippen LogP contribution in [0, 0.1) is 0 Å². The zero-order valence-corrected chi connectivity index (χ0v) is 16.5. The minimum Gasteiger partial charge on any atom is -0.364 e. The zero-order chi connectivity index (χ0) is 20.7. The molecule has 5 aromatic rings. The minimum absolute atomic E-state index is 0.215. The molecule has 0 aliphatic heterocycles. The fourth-order valence-electron chi connectivity index (χ4n) is 3.42. The van der Waals surface area contributed by atoms with E-state index in [2.05, 4.69) is 39.1 Å². The number of fused-ring (bicyclic) bond motifs is 2. The average molecular weight is 400 g/mol. The molecule has 0 radical (unpaired) electrons. The topological polar surface area (TPSA) is 117 Å². The summed E-state index contributed by atoms with van der Waals surface area (Å²) in [6.07, 6.45) is 5.26. The molecule has 9 nitrogen and oxygen atoms in total. The Labute approximate surface area is 171 Å². The third-order valence-electron chi connectivity index (χ3n) is 4.94. The fourth-order valence-corrected chi connectivity index (χ4v) is 3.42. The summed E-state index contributed by atoms with van der Waals surface area (Å²) < 4.78 is 2.03. The normalized spacial score (nSPS) is 11.6. The van der Waals surface area contributed by atoms with Crippen LogP contribution in [0.2, 0.25) is 0 Å². The van der Waals surface area contributed by atoms with Gasteiger partial charge in [0.1, 0.15) is 5.52 Å². The summed E-state index contributed by atoms with van der Waals surface area (Å²) in [5.74, 6) is 1.24. The van der Waals surface area contributed by atoms with E-state index in [-0.39, 0.29) is 11.7 Å². The molecule has 0 amide bonds. The van der Waals surface area contributed by atoms with Gasteiger partial charge in [0.25, 0.3) is 0 Å². The first-order valence-corrected chi connectivity index (χ1v) is 9.68. The lowest BCUT2D eigenvalue weighted by Gasteiger charge is -2.11. The highest BCUT2D eigenvalue weighted by Crippen LogP contribution is 2.26. The molecule has 0 unspecified atom stereocenters. The molecule has 0 aliphatic carbocycles. The Balaban J connectivity index is 1.55. The van der Waals surface area contributed by atoms with Crippen LogP contribution >= 0.6 is 0 Å². The lowest BCUT2D eigenvalue weighted by Crippen LogP contribution is -2.06. The molecule has 0 spiro atoms. The van der Waals surface area contributed by atoms with E-state index in [0.717, 1.165) is 27.8 Å². The molecule has 0 bridgehead atoms. The van der Waals surface area contributed by atoms with Gasteiger partial charge in [-0.2, -0.15) is 0 Å². The maximum absolute atomic E-state index is 11.5. The van der Waals surface area contributed by atoms with E-state index in [1.54, 1.807) is 18.7 Å². The molecule has 3 N–H and O–H groups in total. The van der Waals surface area contributed by atoms with Gasteiger partial charge in [0.2, 0.25) is 0 Å². The summed E-state index contributed by atoms with van der Waals surface area (Å²) in [5, 5.41) is 3.39. The highest BCUT2D eigenvalue weighted by Gasteiger charge is 2.16. The van der Waals surface area contributed by atoms with Gasteiger partial charge in [-0.15, -0.1) is 0 Å². The standard InChI is InChI=1S/C21H20N8O/c1-12(2)29-11-24-17-19(27-18(28-20(17)29)14-4-3-7-22-10-14)23-9-13-5-6-15-16(8-13)26-21(30)25-15/h3-8,10-12H,9H2,1-2H3,(H,23,27,28)(H2,25,26,30). The summed E-state index contributed by atoms with van der Waals surface area (Å²) in [7, 11) is 0. The average Bonchev–Trinajstić information content (AvgIpc) is 3.34. The lowest BCUT2D eigenvalue weighted by atomic mass is 10.2. The monoisotopic (exact) mass is 400 g/mol.